The summed E-state index contributed by atoms with van der Waals surface area (Å²) in [5.41, 5.74) is 1.69. The third-order valence-electron chi connectivity index (χ3n) is 5.53. The van der Waals surface area contributed by atoms with E-state index >= 15 is 0 Å². The van der Waals surface area contributed by atoms with Crippen LogP contribution in [0.15, 0.2) is 72.0 Å². The molecule has 0 spiro atoms. The second kappa shape index (κ2) is 10.4. The van der Waals surface area contributed by atoms with Crippen LogP contribution in [-0.4, -0.2) is 52.8 Å². The topological polar surface area (TPSA) is 60.9 Å². The van der Waals surface area contributed by atoms with Crippen molar-refractivity contribution in [2.45, 2.75) is 19.9 Å². The number of carbonyl (C=O) groups excluding carboxylic acids is 2. The highest BCUT2D eigenvalue weighted by Crippen LogP contribution is 2.38. The van der Waals surface area contributed by atoms with Crippen LogP contribution in [0.25, 0.3) is 6.08 Å². The molecule has 1 atom stereocenters. The number of carbonyl (C=O) groups is 2. The fraction of sp³-hybridized carbons (Fsp3) is 0.280. The first-order chi connectivity index (χ1) is 15.0. The Kier molecular flexibility index (Phi) is 7.66. The predicted molar refractivity (Wildman–Crippen MR) is 124 cm³/mol. The normalized spacial score (nSPS) is 16.7. The van der Waals surface area contributed by atoms with Gasteiger partial charge in [0, 0.05) is 18.1 Å². The maximum Gasteiger partial charge on any atom is 0.290 e. The van der Waals surface area contributed by atoms with E-state index in [1.165, 1.54) is 6.08 Å². The number of ketones is 1. The predicted octanol–water partition coefficient (Wildman–Crippen LogP) is 4.66. The van der Waals surface area contributed by atoms with Crippen molar-refractivity contribution in [1.29, 1.82) is 0 Å². The minimum Gasteiger partial charge on any atom is -0.503 e. The monoisotopic (exact) mass is 438 g/mol. The van der Waals surface area contributed by atoms with E-state index in [2.05, 4.69) is 18.7 Å². The van der Waals surface area contributed by atoms with Crippen LogP contribution in [0.2, 0.25) is 5.02 Å². The number of nitrogens with zero attached hydrogens (tertiary/aromatic N) is 2. The summed E-state index contributed by atoms with van der Waals surface area (Å²) in [6.07, 6.45) is 3.09. The van der Waals surface area contributed by atoms with Gasteiger partial charge in [0.2, 0.25) is 0 Å². The second-order valence-corrected chi connectivity index (χ2v) is 7.79. The van der Waals surface area contributed by atoms with Gasteiger partial charge >= 0.3 is 0 Å². The number of hydrogen-bond acceptors (Lipinski definition) is 4. The first-order valence-electron chi connectivity index (χ1n) is 10.5. The molecule has 0 radical (unpaired) electrons. The van der Waals surface area contributed by atoms with E-state index in [9.17, 15) is 14.7 Å². The van der Waals surface area contributed by atoms with Gasteiger partial charge in [-0.3, -0.25) is 9.59 Å². The SMILES string of the molecule is CCN(CC)CCN1C(=O)C(O)=C(C(=O)/C=C/c2ccccc2)[C@@H]1c1ccc(Cl)cc1. The van der Waals surface area contributed by atoms with Gasteiger partial charge in [-0.1, -0.05) is 74.0 Å². The Labute approximate surface area is 188 Å². The molecule has 3 rings (SSSR count). The van der Waals surface area contributed by atoms with Crippen LogP contribution in [0.3, 0.4) is 0 Å². The molecule has 0 aliphatic carbocycles. The molecule has 1 N–H and O–H groups in total. The van der Waals surface area contributed by atoms with Gasteiger partial charge in [-0.2, -0.15) is 0 Å². The lowest BCUT2D eigenvalue weighted by molar-refractivity contribution is -0.129. The third-order valence-corrected chi connectivity index (χ3v) is 5.79. The van der Waals surface area contributed by atoms with Crippen molar-refractivity contribution in [3.05, 3.63) is 88.2 Å². The van der Waals surface area contributed by atoms with Gasteiger partial charge in [0.1, 0.15) is 0 Å². The van der Waals surface area contributed by atoms with Crippen molar-refractivity contribution in [2.75, 3.05) is 26.2 Å². The molecule has 6 heteroatoms. The maximum atomic E-state index is 13.1. The van der Waals surface area contributed by atoms with Crippen molar-refractivity contribution in [2.24, 2.45) is 0 Å². The Hall–Kier alpha value is -2.89. The van der Waals surface area contributed by atoms with Crippen molar-refractivity contribution >= 4 is 29.4 Å². The molecule has 2 aromatic rings. The molecule has 1 amide bonds. The number of aliphatic hydroxyl groups excluding tert-OH is 1. The van der Waals surface area contributed by atoms with Crippen molar-refractivity contribution < 1.29 is 14.7 Å². The van der Waals surface area contributed by atoms with E-state index in [4.69, 9.17) is 11.6 Å². The molecule has 2 aromatic carbocycles. The zero-order chi connectivity index (χ0) is 22.4. The largest absolute Gasteiger partial charge is 0.503 e. The third kappa shape index (κ3) is 5.24. The molecule has 0 fully saturated rings. The van der Waals surface area contributed by atoms with E-state index < -0.39 is 17.7 Å². The highest BCUT2D eigenvalue weighted by molar-refractivity contribution is 6.30. The Balaban J connectivity index is 1.94. The standard InChI is InChI=1S/C25H27ClN2O3/c1-3-27(4-2)16-17-28-23(19-11-13-20(26)14-12-19)22(24(30)25(28)31)21(29)15-10-18-8-6-5-7-9-18/h5-15,23,30H,3-4,16-17H2,1-2H3/b15-10+/t23-/m0/s1. The molecule has 1 aliphatic heterocycles. The van der Waals surface area contributed by atoms with Crippen LogP contribution in [0.5, 0.6) is 0 Å². The van der Waals surface area contributed by atoms with Gasteiger partial charge < -0.3 is 14.9 Å². The first kappa shape index (κ1) is 22.8. The molecule has 0 aromatic heterocycles. The Morgan fingerprint density at radius 3 is 2.35 bits per heavy atom. The summed E-state index contributed by atoms with van der Waals surface area (Å²) < 4.78 is 0. The van der Waals surface area contributed by atoms with Gasteiger partial charge in [0.25, 0.3) is 5.91 Å². The lowest BCUT2D eigenvalue weighted by atomic mass is 9.95. The fourth-order valence-corrected chi connectivity index (χ4v) is 3.87. The van der Waals surface area contributed by atoms with Gasteiger partial charge in [0.15, 0.2) is 11.5 Å². The summed E-state index contributed by atoms with van der Waals surface area (Å²) in [6.45, 7) is 6.88. The average Bonchev–Trinajstić information content (AvgIpc) is 3.04. The number of allylic oxidation sites excluding steroid dienone is 1. The minimum atomic E-state index is -0.659. The van der Waals surface area contributed by atoms with Crippen molar-refractivity contribution in [1.82, 2.24) is 9.80 Å². The van der Waals surface area contributed by atoms with E-state index in [-0.39, 0.29) is 11.4 Å². The van der Waals surface area contributed by atoms with Crippen LogP contribution in [0, 0.1) is 0 Å². The number of benzene rings is 2. The summed E-state index contributed by atoms with van der Waals surface area (Å²) in [5.74, 6) is -1.40. The highest BCUT2D eigenvalue weighted by Gasteiger charge is 2.42. The maximum absolute atomic E-state index is 13.1. The lowest BCUT2D eigenvalue weighted by Gasteiger charge is -2.29. The Morgan fingerprint density at radius 1 is 1.10 bits per heavy atom. The smallest absolute Gasteiger partial charge is 0.290 e. The van der Waals surface area contributed by atoms with Gasteiger partial charge in [-0.25, -0.2) is 0 Å². The summed E-state index contributed by atoms with van der Waals surface area (Å²) in [7, 11) is 0. The minimum absolute atomic E-state index is 0.0963. The van der Waals surface area contributed by atoms with Crippen LogP contribution in [-0.2, 0) is 9.59 Å². The number of amides is 1. The summed E-state index contributed by atoms with van der Waals surface area (Å²) in [5, 5.41) is 11.2. The lowest BCUT2D eigenvalue weighted by Crippen LogP contribution is -2.38. The number of hydrogen-bond donors (Lipinski definition) is 1. The number of aliphatic hydroxyl groups is 1. The molecule has 0 bridgehead atoms. The molecule has 1 heterocycles. The van der Waals surface area contributed by atoms with Crippen molar-refractivity contribution in [3.8, 4) is 0 Å². The first-order valence-corrected chi connectivity index (χ1v) is 10.8. The highest BCUT2D eigenvalue weighted by atomic mass is 35.5. The molecule has 162 valence electrons. The summed E-state index contributed by atoms with van der Waals surface area (Å²) >= 11 is 6.04. The van der Waals surface area contributed by atoms with Crippen LogP contribution in [0.4, 0.5) is 0 Å². The Morgan fingerprint density at radius 2 is 1.74 bits per heavy atom. The quantitative estimate of drug-likeness (QED) is 0.578. The van der Waals surface area contributed by atoms with E-state index in [1.54, 1.807) is 35.2 Å². The average molecular weight is 439 g/mol. The number of rotatable bonds is 9. The van der Waals surface area contributed by atoms with Crippen LogP contribution >= 0.6 is 11.6 Å². The van der Waals surface area contributed by atoms with Crippen LogP contribution in [0.1, 0.15) is 31.0 Å². The molecule has 5 nitrogen and oxygen atoms in total. The van der Waals surface area contributed by atoms with E-state index in [0.717, 1.165) is 24.2 Å². The van der Waals surface area contributed by atoms with Crippen molar-refractivity contribution in [3.63, 3.8) is 0 Å². The molecular formula is C25H27ClN2O3. The zero-order valence-electron chi connectivity index (χ0n) is 17.8. The molecule has 0 saturated heterocycles. The fourth-order valence-electron chi connectivity index (χ4n) is 3.74. The zero-order valence-corrected chi connectivity index (χ0v) is 18.5. The molecule has 0 unspecified atom stereocenters. The van der Waals surface area contributed by atoms with Gasteiger partial charge in [-0.05, 0) is 42.4 Å². The molecular weight excluding hydrogens is 412 g/mol. The summed E-state index contributed by atoms with van der Waals surface area (Å²) in [4.78, 5) is 29.8. The number of likely N-dealkylation sites (N-methyl/N-ethyl adjacent to an activating group) is 1. The van der Waals surface area contributed by atoms with Gasteiger partial charge in [0.05, 0.1) is 11.6 Å². The molecule has 1 aliphatic rings. The molecule has 0 saturated carbocycles. The van der Waals surface area contributed by atoms with E-state index in [0.29, 0.717) is 18.1 Å². The van der Waals surface area contributed by atoms with Gasteiger partial charge in [-0.15, -0.1) is 0 Å². The summed E-state index contributed by atoms with van der Waals surface area (Å²) in [6, 6.07) is 15.8. The van der Waals surface area contributed by atoms with Crippen LogP contribution < -0.4 is 0 Å². The molecule has 31 heavy (non-hydrogen) atoms. The second-order valence-electron chi connectivity index (χ2n) is 7.35. The van der Waals surface area contributed by atoms with E-state index in [1.807, 2.05) is 30.3 Å². The Bertz CT molecular complexity index is 980. The number of halogens is 1.